The molecule has 0 bridgehead atoms. The maximum atomic E-state index is 12.1. The Morgan fingerprint density at radius 2 is 1.75 bits per heavy atom. The number of fused-ring (bicyclic) bond motifs is 2. The third-order valence-electron chi connectivity index (χ3n) is 6.22. The van der Waals surface area contributed by atoms with Crippen LogP contribution in [-0.2, 0) is 4.74 Å². The minimum atomic E-state index is -0.487. The standard InChI is InChI=1S/C26H22N10O4/c1-16-10-17(5-7-22(16)40-19-8-9-34-23(12-19)28-15-30-34)35(32-37)24-20-11-18(4-6-21(20)27-14-29-24)36(33-38)25-31-26(2,3)13-39-25/h4-12,14-15H,13H2,1-3H3. The molecule has 0 unspecified atom stereocenters. The third kappa shape index (κ3) is 4.51. The molecule has 6 rings (SSSR count). The summed E-state index contributed by atoms with van der Waals surface area (Å²) in [4.78, 5) is 41.1. The number of amidine groups is 1. The molecule has 14 nitrogen and oxygen atoms in total. The lowest BCUT2D eigenvalue weighted by atomic mass is 10.1. The van der Waals surface area contributed by atoms with Gasteiger partial charge in [-0.3, -0.25) is 0 Å². The van der Waals surface area contributed by atoms with Crippen molar-refractivity contribution in [3.63, 3.8) is 0 Å². The van der Waals surface area contributed by atoms with Crippen molar-refractivity contribution >= 4 is 39.8 Å². The molecular weight excluding hydrogens is 516 g/mol. The number of aryl methyl sites for hydroxylation is 1. The fraction of sp³-hybridized carbons (Fsp3) is 0.192. The van der Waals surface area contributed by atoms with Crippen LogP contribution in [0.2, 0.25) is 0 Å². The van der Waals surface area contributed by atoms with Crippen LogP contribution in [0, 0.1) is 16.7 Å². The molecule has 200 valence electrons. The molecule has 0 aliphatic carbocycles. The highest BCUT2D eigenvalue weighted by atomic mass is 16.5. The Bertz CT molecular complexity index is 1800. The van der Waals surface area contributed by atoms with E-state index in [0.29, 0.717) is 46.0 Å². The highest BCUT2D eigenvalue weighted by Gasteiger charge is 2.31. The molecule has 0 amide bonds. The Morgan fingerprint density at radius 1 is 0.950 bits per heavy atom. The van der Waals surface area contributed by atoms with E-state index < -0.39 is 5.54 Å². The Labute approximate surface area is 226 Å². The summed E-state index contributed by atoms with van der Waals surface area (Å²) in [6.07, 6.45) is 4.55. The molecule has 0 radical (unpaired) electrons. The van der Waals surface area contributed by atoms with Crippen molar-refractivity contribution in [1.82, 2.24) is 24.6 Å². The summed E-state index contributed by atoms with van der Waals surface area (Å²) in [5, 5.41) is 13.1. The van der Waals surface area contributed by atoms with Crippen LogP contribution in [0.15, 0.2) is 82.9 Å². The number of hydrogen-bond donors (Lipinski definition) is 0. The fourth-order valence-electron chi connectivity index (χ4n) is 4.27. The predicted molar refractivity (Wildman–Crippen MR) is 147 cm³/mol. The summed E-state index contributed by atoms with van der Waals surface area (Å²) in [5.74, 6) is 1.39. The van der Waals surface area contributed by atoms with Gasteiger partial charge in [0.25, 0.3) is 0 Å². The Morgan fingerprint density at radius 3 is 2.50 bits per heavy atom. The van der Waals surface area contributed by atoms with Gasteiger partial charge < -0.3 is 9.47 Å². The van der Waals surface area contributed by atoms with Gasteiger partial charge in [0.05, 0.1) is 33.0 Å². The van der Waals surface area contributed by atoms with Crippen LogP contribution < -0.4 is 14.8 Å². The number of aromatic nitrogens is 5. The van der Waals surface area contributed by atoms with Crippen molar-refractivity contribution in [3.8, 4) is 11.5 Å². The molecule has 0 saturated carbocycles. The van der Waals surface area contributed by atoms with Gasteiger partial charge in [0, 0.05) is 17.6 Å². The summed E-state index contributed by atoms with van der Waals surface area (Å²) < 4.78 is 13.3. The van der Waals surface area contributed by atoms with Crippen molar-refractivity contribution in [2.75, 3.05) is 16.6 Å². The lowest BCUT2D eigenvalue weighted by molar-refractivity contribution is 0.274. The fourth-order valence-corrected chi connectivity index (χ4v) is 4.27. The van der Waals surface area contributed by atoms with Crippen LogP contribution in [0.1, 0.15) is 19.4 Å². The molecule has 0 fully saturated rings. The Kier molecular flexibility index (Phi) is 5.98. The summed E-state index contributed by atoms with van der Waals surface area (Å²) in [5.41, 5.74) is 2.26. The van der Waals surface area contributed by atoms with Crippen LogP contribution in [-0.4, -0.2) is 42.7 Å². The molecule has 14 heteroatoms. The first-order valence-electron chi connectivity index (χ1n) is 12.2. The second-order valence-electron chi connectivity index (χ2n) is 9.66. The summed E-state index contributed by atoms with van der Waals surface area (Å²) in [6, 6.07) is 13.8. The minimum Gasteiger partial charge on any atom is -0.461 e. The van der Waals surface area contributed by atoms with Crippen molar-refractivity contribution in [2.45, 2.75) is 26.3 Å². The van der Waals surface area contributed by atoms with E-state index in [4.69, 9.17) is 9.47 Å². The van der Waals surface area contributed by atoms with Crippen molar-refractivity contribution in [1.29, 1.82) is 0 Å². The molecule has 0 saturated heterocycles. The van der Waals surface area contributed by atoms with Crippen LogP contribution in [0.5, 0.6) is 11.5 Å². The van der Waals surface area contributed by atoms with Crippen molar-refractivity contribution in [3.05, 3.63) is 82.8 Å². The smallest absolute Gasteiger partial charge is 0.316 e. The number of pyridine rings is 1. The lowest BCUT2D eigenvalue weighted by Gasteiger charge is -2.19. The normalized spacial score (nSPS) is 14.0. The molecule has 2 aromatic carbocycles. The Hall–Kier alpha value is -5.53. The highest BCUT2D eigenvalue weighted by molar-refractivity contribution is 5.98. The van der Waals surface area contributed by atoms with E-state index in [-0.39, 0.29) is 11.8 Å². The van der Waals surface area contributed by atoms with Crippen LogP contribution in [0.25, 0.3) is 16.6 Å². The second-order valence-corrected chi connectivity index (χ2v) is 9.66. The summed E-state index contributed by atoms with van der Waals surface area (Å²) >= 11 is 0. The van der Waals surface area contributed by atoms with E-state index in [1.807, 2.05) is 20.8 Å². The zero-order chi connectivity index (χ0) is 27.9. The van der Waals surface area contributed by atoms with E-state index in [2.05, 4.69) is 35.6 Å². The first kappa shape index (κ1) is 24.8. The molecule has 1 aliphatic rings. The number of ether oxygens (including phenoxy) is 2. The zero-order valence-corrected chi connectivity index (χ0v) is 21.7. The average molecular weight is 539 g/mol. The molecule has 1 aliphatic heterocycles. The number of aliphatic imine (C=N–C) groups is 1. The largest absolute Gasteiger partial charge is 0.461 e. The summed E-state index contributed by atoms with van der Waals surface area (Å²) in [7, 11) is 0. The van der Waals surface area contributed by atoms with E-state index in [9.17, 15) is 9.81 Å². The highest BCUT2D eigenvalue weighted by Crippen LogP contribution is 2.36. The number of nitroso groups, excluding NO2 is 2. The number of benzene rings is 2. The van der Waals surface area contributed by atoms with Gasteiger partial charge in [-0.25, -0.2) is 24.5 Å². The SMILES string of the molecule is Cc1cc(N(N=O)c2ncnc3ccc(N(N=O)C4=NC(C)(C)CO4)cc23)ccc1Oc1ccn2ncnc2c1. The van der Waals surface area contributed by atoms with E-state index in [0.717, 1.165) is 15.6 Å². The van der Waals surface area contributed by atoms with Gasteiger partial charge in [0.2, 0.25) is 0 Å². The topological polar surface area (TPSA) is 152 Å². The van der Waals surface area contributed by atoms with Gasteiger partial charge in [-0.1, -0.05) is 0 Å². The molecule has 4 heterocycles. The zero-order valence-electron chi connectivity index (χ0n) is 21.7. The van der Waals surface area contributed by atoms with Crippen LogP contribution >= 0.6 is 0 Å². The number of nitrogens with zero attached hydrogens (tertiary/aromatic N) is 10. The van der Waals surface area contributed by atoms with Crippen LogP contribution in [0.3, 0.4) is 0 Å². The predicted octanol–water partition coefficient (Wildman–Crippen LogP) is 5.25. The monoisotopic (exact) mass is 538 g/mol. The number of rotatable bonds is 7. The van der Waals surface area contributed by atoms with Crippen molar-refractivity contribution < 1.29 is 9.47 Å². The summed E-state index contributed by atoms with van der Waals surface area (Å²) in [6.45, 7) is 5.94. The van der Waals surface area contributed by atoms with Gasteiger partial charge in [-0.15, -0.1) is 14.8 Å². The van der Waals surface area contributed by atoms with E-state index in [1.54, 1.807) is 59.2 Å². The van der Waals surface area contributed by atoms with Gasteiger partial charge >= 0.3 is 6.02 Å². The second kappa shape index (κ2) is 9.65. The first-order chi connectivity index (χ1) is 19.3. The first-order valence-corrected chi connectivity index (χ1v) is 12.2. The molecule has 3 aromatic heterocycles. The third-order valence-corrected chi connectivity index (χ3v) is 6.22. The molecule has 0 N–H and O–H groups in total. The van der Waals surface area contributed by atoms with E-state index >= 15 is 0 Å². The average Bonchev–Trinajstić information content (AvgIpc) is 3.56. The van der Waals surface area contributed by atoms with Crippen LogP contribution in [0.4, 0.5) is 17.2 Å². The van der Waals surface area contributed by atoms with E-state index in [1.165, 1.54) is 12.7 Å². The molecular formula is C26H22N10O4. The Balaban J connectivity index is 1.34. The number of anilines is 3. The number of hydrogen-bond acceptors (Lipinski definition) is 11. The van der Waals surface area contributed by atoms with Gasteiger partial charge in [-0.2, -0.15) is 10.1 Å². The molecule has 0 spiro atoms. The maximum Gasteiger partial charge on any atom is 0.316 e. The maximum absolute atomic E-state index is 12.1. The van der Waals surface area contributed by atoms with Gasteiger partial charge in [0.1, 0.15) is 30.8 Å². The molecule has 0 atom stereocenters. The van der Waals surface area contributed by atoms with Gasteiger partial charge in [-0.05, 0) is 68.8 Å². The quantitative estimate of drug-likeness (QED) is 0.198. The molecule has 5 aromatic rings. The minimum absolute atomic E-state index is 0.0810. The van der Waals surface area contributed by atoms with Gasteiger partial charge in [0.15, 0.2) is 11.5 Å². The lowest BCUT2D eigenvalue weighted by Crippen LogP contribution is -2.25. The molecule has 40 heavy (non-hydrogen) atoms. The van der Waals surface area contributed by atoms with Crippen molar-refractivity contribution in [2.24, 2.45) is 15.6 Å².